The third-order valence-corrected chi connectivity index (χ3v) is 3.06. The van der Waals surface area contributed by atoms with E-state index in [1.807, 2.05) is 6.07 Å². The molecule has 0 heterocycles. The van der Waals surface area contributed by atoms with Gasteiger partial charge in [0.2, 0.25) is 6.43 Å². The summed E-state index contributed by atoms with van der Waals surface area (Å²) in [5.74, 6) is 0. The molecule has 0 fully saturated rings. The van der Waals surface area contributed by atoms with Crippen molar-refractivity contribution >= 4 is 18.9 Å². The number of hydrogen-bond acceptors (Lipinski definition) is 3. The Kier molecular flexibility index (Phi) is 5.07. The van der Waals surface area contributed by atoms with E-state index < -0.39 is 25.1 Å². The number of hydrogen-bond donors (Lipinski definition) is 2. The largest absolute Gasteiger partial charge is 0.465 e. The van der Waals surface area contributed by atoms with E-state index in [0.29, 0.717) is 0 Å². The monoisotopic (exact) mass is 232 g/mol. The van der Waals surface area contributed by atoms with Crippen LogP contribution in [0.2, 0.25) is 0 Å². The summed E-state index contributed by atoms with van der Waals surface area (Å²) in [6.07, 6.45) is -3.06. The lowest BCUT2D eigenvalue weighted by Gasteiger charge is -2.14. The Hall–Kier alpha value is -0.585. The van der Waals surface area contributed by atoms with E-state index in [1.165, 1.54) is 0 Å². The third-order valence-electron chi connectivity index (χ3n) is 1.77. The van der Waals surface area contributed by atoms with Crippen LogP contribution in [0.15, 0.2) is 35.2 Å². The van der Waals surface area contributed by atoms with Gasteiger partial charge in [0.15, 0.2) is 0 Å². The fourth-order valence-corrected chi connectivity index (χ4v) is 2.11. The first-order valence-corrected chi connectivity index (χ1v) is 5.33. The second kappa shape index (κ2) is 6.10. The van der Waals surface area contributed by atoms with Crippen LogP contribution in [0.5, 0.6) is 0 Å². The third kappa shape index (κ3) is 4.64. The van der Waals surface area contributed by atoms with Crippen molar-refractivity contribution in [1.29, 1.82) is 0 Å². The van der Waals surface area contributed by atoms with Gasteiger partial charge in [0.05, 0.1) is 0 Å². The Bertz CT molecular complexity index is 285. The van der Waals surface area contributed by atoms with E-state index in [4.69, 9.17) is 10.0 Å². The van der Waals surface area contributed by atoms with Crippen LogP contribution < -0.4 is 0 Å². The van der Waals surface area contributed by atoms with Gasteiger partial charge in [-0.15, -0.1) is 11.8 Å². The zero-order valence-electron chi connectivity index (χ0n) is 7.88. The van der Waals surface area contributed by atoms with Crippen molar-refractivity contribution in [2.45, 2.75) is 22.9 Å². The van der Waals surface area contributed by atoms with Crippen molar-refractivity contribution in [3.8, 4) is 0 Å². The normalized spacial score (nSPS) is 12.9. The van der Waals surface area contributed by atoms with Gasteiger partial charge in [-0.05, 0) is 12.1 Å². The van der Waals surface area contributed by atoms with Crippen LogP contribution >= 0.6 is 11.8 Å². The van der Waals surface area contributed by atoms with E-state index in [9.17, 15) is 8.78 Å². The fourth-order valence-electron chi connectivity index (χ4n) is 1.08. The molecule has 0 radical (unpaired) electrons. The molecule has 0 aliphatic heterocycles. The first-order valence-electron chi connectivity index (χ1n) is 4.45. The number of rotatable bonds is 5. The molecule has 82 valence electrons. The molecule has 2 N–H and O–H groups in total. The molecule has 0 aromatic heterocycles. The highest BCUT2D eigenvalue weighted by Gasteiger charge is 2.27. The summed E-state index contributed by atoms with van der Waals surface area (Å²) in [6, 6.07) is 8.83. The highest BCUT2D eigenvalue weighted by atomic mass is 32.2. The van der Waals surface area contributed by atoms with Gasteiger partial charge in [0, 0.05) is 16.5 Å². The van der Waals surface area contributed by atoms with Crippen LogP contribution in [0, 0.1) is 0 Å². The maximum Gasteiger partial charge on any atom is 0.465 e. The molecular formula is C9H11BF2O2S. The van der Waals surface area contributed by atoms with Crippen molar-refractivity contribution in [1.82, 2.24) is 0 Å². The zero-order valence-corrected chi connectivity index (χ0v) is 8.70. The highest BCUT2D eigenvalue weighted by molar-refractivity contribution is 8.01. The molecule has 2 nitrogen and oxygen atoms in total. The average Bonchev–Trinajstić information content (AvgIpc) is 2.17. The predicted octanol–water partition coefficient (Wildman–Crippen LogP) is 1.81. The molecule has 0 bridgehead atoms. The molecule has 0 saturated carbocycles. The minimum atomic E-state index is -2.53. The topological polar surface area (TPSA) is 40.5 Å². The molecule has 1 atom stereocenters. The standard InChI is InChI=1S/C9H11BF2O2S/c11-9(12)6-8(10(13)14)15-7-4-2-1-3-5-7/h1-5,8-9,13-14H,6H2. The first-order chi connectivity index (χ1) is 7.09. The Morgan fingerprint density at radius 2 is 1.80 bits per heavy atom. The van der Waals surface area contributed by atoms with Crippen LogP contribution in [0.3, 0.4) is 0 Å². The van der Waals surface area contributed by atoms with Gasteiger partial charge in [0.25, 0.3) is 0 Å². The van der Waals surface area contributed by atoms with Gasteiger partial charge < -0.3 is 10.0 Å². The van der Waals surface area contributed by atoms with Crippen LogP contribution in [-0.4, -0.2) is 28.7 Å². The summed E-state index contributed by atoms with van der Waals surface area (Å²) in [6.45, 7) is 0. The molecule has 0 spiro atoms. The van der Waals surface area contributed by atoms with Crippen molar-refractivity contribution < 1.29 is 18.8 Å². The first kappa shape index (κ1) is 12.5. The van der Waals surface area contributed by atoms with Crippen LogP contribution in [0.4, 0.5) is 8.78 Å². The number of halogens is 2. The summed E-state index contributed by atoms with van der Waals surface area (Å²) in [4.78, 5) is 0.747. The van der Waals surface area contributed by atoms with Crippen LogP contribution in [-0.2, 0) is 0 Å². The molecule has 0 aliphatic rings. The van der Waals surface area contributed by atoms with Gasteiger partial charge in [-0.3, -0.25) is 0 Å². The van der Waals surface area contributed by atoms with E-state index in [1.54, 1.807) is 24.3 Å². The maximum atomic E-state index is 12.1. The lowest BCUT2D eigenvalue weighted by atomic mass is 9.83. The molecule has 1 rings (SSSR count). The Morgan fingerprint density at radius 3 is 2.27 bits per heavy atom. The predicted molar refractivity (Wildman–Crippen MR) is 56.9 cm³/mol. The number of thioether (sulfide) groups is 1. The molecule has 1 aromatic carbocycles. The Morgan fingerprint density at radius 1 is 1.20 bits per heavy atom. The van der Waals surface area contributed by atoms with E-state index in [0.717, 1.165) is 16.7 Å². The molecule has 6 heteroatoms. The van der Waals surface area contributed by atoms with Gasteiger partial charge in [-0.25, -0.2) is 8.78 Å². The van der Waals surface area contributed by atoms with E-state index in [-0.39, 0.29) is 0 Å². The zero-order chi connectivity index (χ0) is 11.3. The molecule has 0 saturated heterocycles. The van der Waals surface area contributed by atoms with E-state index >= 15 is 0 Å². The molecule has 1 unspecified atom stereocenters. The van der Waals surface area contributed by atoms with E-state index in [2.05, 4.69) is 0 Å². The second-order valence-corrected chi connectivity index (χ2v) is 4.32. The Balaban J connectivity index is 2.59. The molecular weight excluding hydrogens is 221 g/mol. The second-order valence-electron chi connectivity index (χ2n) is 3.01. The molecule has 0 aliphatic carbocycles. The minimum Gasteiger partial charge on any atom is -0.426 e. The van der Waals surface area contributed by atoms with Crippen molar-refractivity contribution in [2.75, 3.05) is 0 Å². The van der Waals surface area contributed by atoms with Crippen molar-refractivity contribution in [2.24, 2.45) is 0 Å². The number of benzene rings is 1. The average molecular weight is 232 g/mol. The number of alkyl halides is 2. The molecule has 1 aromatic rings. The highest BCUT2D eigenvalue weighted by Crippen LogP contribution is 2.27. The maximum absolute atomic E-state index is 12.1. The molecule has 15 heavy (non-hydrogen) atoms. The molecule has 0 amide bonds. The smallest absolute Gasteiger partial charge is 0.426 e. The summed E-state index contributed by atoms with van der Waals surface area (Å²) < 4.78 is 24.2. The van der Waals surface area contributed by atoms with Crippen LogP contribution in [0.25, 0.3) is 0 Å². The van der Waals surface area contributed by atoms with Gasteiger partial charge in [0.1, 0.15) is 0 Å². The lowest BCUT2D eigenvalue weighted by Crippen LogP contribution is -2.30. The minimum absolute atomic E-state index is 0.531. The van der Waals surface area contributed by atoms with Crippen LogP contribution in [0.1, 0.15) is 6.42 Å². The summed E-state index contributed by atoms with van der Waals surface area (Å²) in [5, 5.41) is 17.0. The summed E-state index contributed by atoms with van der Waals surface area (Å²) in [5.41, 5.74) is 0. The van der Waals surface area contributed by atoms with Gasteiger partial charge in [-0.1, -0.05) is 18.2 Å². The van der Waals surface area contributed by atoms with Gasteiger partial charge >= 0.3 is 7.12 Å². The summed E-state index contributed by atoms with van der Waals surface area (Å²) >= 11 is 1.05. The van der Waals surface area contributed by atoms with Crippen molar-refractivity contribution in [3.63, 3.8) is 0 Å². The lowest BCUT2D eigenvalue weighted by molar-refractivity contribution is 0.139. The SMILES string of the molecule is OB(O)C(CC(F)F)Sc1ccccc1. The Labute approximate surface area is 91.5 Å². The summed E-state index contributed by atoms with van der Waals surface area (Å²) in [7, 11) is -1.73. The quantitative estimate of drug-likeness (QED) is 0.600. The van der Waals surface area contributed by atoms with Crippen molar-refractivity contribution in [3.05, 3.63) is 30.3 Å². The fraction of sp³-hybridized carbons (Fsp3) is 0.333. The van der Waals surface area contributed by atoms with Gasteiger partial charge in [-0.2, -0.15) is 0 Å².